The van der Waals surface area contributed by atoms with E-state index < -0.39 is 0 Å². The molecule has 0 spiro atoms. The third-order valence-electron chi connectivity index (χ3n) is 2.41. The fraction of sp³-hybridized carbons (Fsp3) is 1.00. The summed E-state index contributed by atoms with van der Waals surface area (Å²) in [6.07, 6.45) is 4.12. The van der Waals surface area contributed by atoms with Crippen LogP contribution < -0.4 is 0 Å². The molecule has 2 nitrogen and oxygen atoms in total. The molecule has 2 aliphatic rings. The molecule has 2 rings (SSSR count). The van der Waals surface area contributed by atoms with E-state index in [0.717, 1.165) is 25.7 Å². The van der Waals surface area contributed by atoms with E-state index in [1.54, 1.807) is 0 Å². The van der Waals surface area contributed by atoms with Gasteiger partial charge in [-0.3, -0.25) is 0 Å². The molecule has 1 aliphatic heterocycles. The average molecular weight is 156 g/mol. The van der Waals surface area contributed by atoms with Crippen molar-refractivity contribution in [3.05, 3.63) is 0 Å². The number of epoxide rings is 1. The quantitative estimate of drug-likeness (QED) is 0.445. The van der Waals surface area contributed by atoms with Crippen LogP contribution in [0.2, 0.25) is 0 Å². The Balaban J connectivity index is 1.46. The van der Waals surface area contributed by atoms with Crippen molar-refractivity contribution in [1.82, 2.24) is 0 Å². The van der Waals surface area contributed by atoms with Crippen LogP contribution >= 0.6 is 0 Å². The lowest BCUT2D eigenvalue weighted by molar-refractivity contribution is 0.0814. The second-order valence-electron chi connectivity index (χ2n) is 4.02. The van der Waals surface area contributed by atoms with E-state index in [0.29, 0.717) is 0 Å². The molecule has 1 aliphatic carbocycles. The molecule has 2 fully saturated rings. The lowest BCUT2D eigenvalue weighted by Gasteiger charge is -2.05. The maximum absolute atomic E-state index is 5.49. The zero-order chi connectivity index (χ0) is 7.73. The summed E-state index contributed by atoms with van der Waals surface area (Å²) in [5.74, 6) is 0.989. The molecule has 2 heteroatoms. The fourth-order valence-electron chi connectivity index (χ4n) is 1.15. The van der Waals surface area contributed by atoms with Gasteiger partial charge in [0, 0.05) is 6.61 Å². The number of hydrogen-bond acceptors (Lipinski definition) is 2. The van der Waals surface area contributed by atoms with Gasteiger partial charge in [0.2, 0.25) is 0 Å². The van der Waals surface area contributed by atoms with E-state index in [1.807, 2.05) is 0 Å². The van der Waals surface area contributed by atoms with Crippen LogP contribution in [-0.4, -0.2) is 25.4 Å². The van der Waals surface area contributed by atoms with Gasteiger partial charge in [-0.25, -0.2) is 0 Å². The van der Waals surface area contributed by atoms with Crippen molar-refractivity contribution < 1.29 is 9.47 Å². The van der Waals surface area contributed by atoms with Crippen LogP contribution in [0.3, 0.4) is 0 Å². The summed E-state index contributed by atoms with van der Waals surface area (Å²) in [5, 5.41) is 0. The second kappa shape index (κ2) is 2.76. The maximum atomic E-state index is 5.49. The minimum atomic E-state index is 0.0869. The first kappa shape index (κ1) is 7.56. The van der Waals surface area contributed by atoms with Crippen molar-refractivity contribution >= 4 is 0 Å². The Kier molecular flexibility index (Phi) is 1.90. The zero-order valence-corrected chi connectivity index (χ0v) is 7.14. The molecule has 1 heterocycles. The highest BCUT2D eigenvalue weighted by Crippen LogP contribution is 2.32. The maximum Gasteiger partial charge on any atom is 0.112 e. The van der Waals surface area contributed by atoms with E-state index >= 15 is 0 Å². The van der Waals surface area contributed by atoms with Crippen LogP contribution in [0.25, 0.3) is 0 Å². The van der Waals surface area contributed by atoms with Crippen LogP contribution in [0, 0.1) is 5.92 Å². The molecule has 1 saturated carbocycles. The first-order chi connectivity index (χ1) is 5.29. The molecule has 11 heavy (non-hydrogen) atoms. The highest BCUT2D eigenvalue weighted by Gasteiger charge is 2.39. The van der Waals surface area contributed by atoms with Gasteiger partial charge >= 0.3 is 0 Å². The van der Waals surface area contributed by atoms with Crippen LogP contribution in [0.15, 0.2) is 0 Å². The molecule has 64 valence electrons. The second-order valence-corrected chi connectivity index (χ2v) is 4.02. The molecular weight excluding hydrogens is 140 g/mol. The average Bonchev–Trinajstić information content (AvgIpc) is 2.80. The summed E-state index contributed by atoms with van der Waals surface area (Å²) < 4.78 is 10.7. The minimum absolute atomic E-state index is 0.0869. The Labute approximate surface area is 67.9 Å². The molecule has 0 bridgehead atoms. The van der Waals surface area contributed by atoms with Crippen LogP contribution in [-0.2, 0) is 9.47 Å². The van der Waals surface area contributed by atoms with Gasteiger partial charge in [0.1, 0.15) is 5.60 Å². The Morgan fingerprint density at radius 3 is 2.82 bits per heavy atom. The molecule has 1 atom stereocenters. The smallest absolute Gasteiger partial charge is 0.112 e. The zero-order valence-electron chi connectivity index (χ0n) is 7.14. The predicted octanol–water partition coefficient (Wildman–Crippen LogP) is 1.59. The highest BCUT2D eigenvalue weighted by atomic mass is 16.6. The van der Waals surface area contributed by atoms with E-state index in [4.69, 9.17) is 9.47 Å². The molecular formula is C9H16O2. The van der Waals surface area contributed by atoms with Crippen molar-refractivity contribution in [2.24, 2.45) is 5.92 Å². The number of hydrogen-bond donors (Lipinski definition) is 0. The molecule has 0 amide bonds. The summed E-state index contributed by atoms with van der Waals surface area (Å²) in [6.45, 7) is 4.71. The topological polar surface area (TPSA) is 21.8 Å². The van der Waals surface area contributed by atoms with E-state index in [9.17, 15) is 0 Å². The van der Waals surface area contributed by atoms with Crippen LogP contribution in [0.1, 0.15) is 26.2 Å². The summed E-state index contributed by atoms with van der Waals surface area (Å²) in [6, 6.07) is 0. The fourth-order valence-corrected chi connectivity index (χ4v) is 1.15. The normalized spacial score (nSPS) is 35.7. The Bertz CT molecular complexity index is 136. The van der Waals surface area contributed by atoms with Gasteiger partial charge in [-0.05, 0) is 19.3 Å². The first-order valence-electron chi connectivity index (χ1n) is 4.50. The van der Waals surface area contributed by atoms with Gasteiger partial charge < -0.3 is 9.47 Å². The summed E-state index contributed by atoms with van der Waals surface area (Å²) >= 11 is 0. The third-order valence-corrected chi connectivity index (χ3v) is 2.41. The summed E-state index contributed by atoms with van der Waals surface area (Å²) in [5.41, 5.74) is 0.0869. The lowest BCUT2D eigenvalue weighted by Crippen LogP contribution is -2.15. The van der Waals surface area contributed by atoms with Crippen molar-refractivity contribution in [2.45, 2.75) is 31.8 Å². The third kappa shape index (κ3) is 2.46. The summed E-state index contributed by atoms with van der Waals surface area (Å²) in [4.78, 5) is 0. The van der Waals surface area contributed by atoms with E-state index in [1.165, 1.54) is 19.3 Å². The molecule has 1 saturated heterocycles. The van der Waals surface area contributed by atoms with Crippen molar-refractivity contribution in [1.29, 1.82) is 0 Å². The van der Waals surface area contributed by atoms with Crippen LogP contribution in [0.4, 0.5) is 0 Å². The minimum Gasteiger partial charge on any atom is -0.378 e. The summed E-state index contributed by atoms with van der Waals surface area (Å²) in [7, 11) is 0. The van der Waals surface area contributed by atoms with Gasteiger partial charge in [-0.2, -0.15) is 0 Å². The van der Waals surface area contributed by atoms with Gasteiger partial charge in [0.15, 0.2) is 0 Å². The highest BCUT2D eigenvalue weighted by molar-refractivity contribution is 4.86. The van der Waals surface area contributed by atoms with E-state index in [-0.39, 0.29) is 5.60 Å². The van der Waals surface area contributed by atoms with Gasteiger partial charge in [0.05, 0.1) is 13.2 Å². The monoisotopic (exact) mass is 156 g/mol. The molecule has 1 unspecified atom stereocenters. The lowest BCUT2D eigenvalue weighted by atomic mass is 10.2. The van der Waals surface area contributed by atoms with Gasteiger partial charge in [-0.1, -0.05) is 12.8 Å². The Hall–Kier alpha value is -0.0800. The molecule has 0 aromatic rings. The first-order valence-corrected chi connectivity index (χ1v) is 4.50. The molecule has 0 aromatic heterocycles. The standard InChI is InChI=1S/C9H16O2/c1-9(7-11-9)6-10-5-4-8-2-3-8/h8H,2-7H2,1H3. The van der Waals surface area contributed by atoms with Gasteiger partial charge in [0.25, 0.3) is 0 Å². The Morgan fingerprint density at radius 2 is 2.27 bits per heavy atom. The van der Waals surface area contributed by atoms with Gasteiger partial charge in [-0.15, -0.1) is 0 Å². The van der Waals surface area contributed by atoms with Crippen molar-refractivity contribution in [2.75, 3.05) is 19.8 Å². The molecule has 0 aromatic carbocycles. The van der Waals surface area contributed by atoms with Crippen molar-refractivity contribution in [3.8, 4) is 0 Å². The molecule has 0 radical (unpaired) electrons. The number of ether oxygens (including phenoxy) is 2. The largest absolute Gasteiger partial charge is 0.378 e. The Morgan fingerprint density at radius 1 is 1.55 bits per heavy atom. The van der Waals surface area contributed by atoms with E-state index in [2.05, 4.69) is 6.92 Å². The number of rotatable bonds is 5. The SMILES string of the molecule is CC1(COCCC2CC2)CO1. The molecule has 0 N–H and O–H groups in total. The van der Waals surface area contributed by atoms with Crippen LogP contribution in [0.5, 0.6) is 0 Å². The predicted molar refractivity (Wildman–Crippen MR) is 42.5 cm³/mol. The van der Waals surface area contributed by atoms with Crippen molar-refractivity contribution in [3.63, 3.8) is 0 Å².